The third-order valence-corrected chi connectivity index (χ3v) is 5.55. The molecular formula is C21H24FN3O3S. The summed E-state index contributed by atoms with van der Waals surface area (Å²) in [7, 11) is 0. The third-order valence-electron chi connectivity index (χ3n) is 4.76. The average Bonchev–Trinajstić information content (AvgIpc) is 2.76. The molecule has 6 nitrogen and oxygen atoms in total. The number of amides is 2. The molecule has 1 aliphatic heterocycles. The molecule has 0 unspecified atom stereocenters. The Morgan fingerprint density at radius 3 is 2.48 bits per heavy atom. The lowest BCUT2D eigenvalue weighted by Gasteiger charge is -2.34. The Hall–Kier alpha value is -2.42. The number of hydrogen-bond acceptors (Lipinski definition) is 5. The highest BCUT2D eigenvalue weighted by Crippen LogP contribution is 2.25. The molecule has 8 heteroatoms. The van der Waals surface area contributed by atoms with E-state index in [0.29, 0.717) is 32.0 Å². The van der Waals surface area contributed by atoms with Gasteiger partial charge in [-0.25, -0.2) is 4.39 Å². The molecule has 2 N–H and O–H groups in total. The van der Waals surface area contributed by atoms with Crippen molar-refractivity contribution >= 4 is 29.3 Å². The predicted octanol–water partition coefficient (Wildman–Crippen LogP) is 2.68. The molecular weight excluding hydrogens is 393 g/mol. The van der Waals surface area contributed by atoms with Crippen molar-refractivity contribution in [3.8, 4) is 0 Å². The van der Waals surface area contributed by atoms with Crippen molar-refractivity contribution in [3.05, 3.63) is 59.9 Å². The summed E-state index contributed by atoms with van der Waals surface area (Å²) in [6.07, 6.45) is 1.90. The van der Waals surface area contributed by atoms with Crippen LogP contribution in [0.2, 0.25) is 0 Å². The number of ether oxygens (including phenoxy) is 1. The topological polar surface area (TPSA) is 70.7 Å². The largest absolute Gasteiger partial charge is 0.379 e. The summed E-state index contributed by atoms with van der Waals surface area (Å²) in [6, 6.07) is 13.3. The van der Waals surface area contributed by atoms with Crippen LogP contribution in [0.5, 0.6) is 0 Å². The molecule has 1 atom stereocenters. The zero-order valence-corrected chi connectivity index (χ0v) is 17.0. The predicted molar refractivity (Wildman–Crippen MR) is 111 cm³/mol. The van der Waals surface area contributed by atoms with Crippen LogP contribution in [-0.4, -0.2) is 55.8 Å². The van der Waals surface area contributed by atoms with Crippen LogP contribution in [0.4, 0.5) is 10.1 Å². The number of morpholine rings is 1. The number of hydrogen-bond donors (Lipinski definition) is 2. The fourth-order valence-electron chi connectivity index (χ4n) is 3.23. The number of carbonyl (C=O) groups excluding carboxylic acids is 2. The van der Waals surface area contributed by atoms with Gasteiger partial charge in [0.2, 0.25) is 0 Å². The van der Waals surface area contributed by atoms with Crippen LogP contribution in [-0.2, 0) is 14.3 Å². The molecule has 2 amide bonds. The van der Waals surface area contributed by atoms with Crippen LogP contribution < -0.4 is 10.6 Å². The Balaban J connectivity index is 1.65. The normalized spacial score (nSPS) is 15.5. The smallest absolute Gasteiger partial charge is 0.313 e. The van der Waals surface area contributed by atoms with Gasteiger partial charge in [0.05, 0.1) is 24.9 Å². The monoisotopic (exact) mass is 417 g/mol. The zero-order valence-electron chi connectivity index (χ0n) is 16.2. The van der Waals surface area contributed by atoms with E-state index in [2.05, 4.69) is 15.5 Å². The lowest BCUT2D eigenvalue weighted by Crippen LogP contribution is -2.45. The van der Waals surface area contributed by atoms with Crippen LogP contribution in [0, 0.1) is 5.82 Å². The number of rotatable bonds is 6. The Kier molecular flexibility index (Phi) is 7.62. The Morgan fingerprint density at radius 2 is 1.79 bits per heavy atom. The molecule has 2 aromatic carbocycles. The van der Waals surface area contributed by atoms with Gasteiger partial charge in [0, 0.05) is 24.5 Å². The summed E-state index contributed by atoms with van der Waals surface area (Å²) < 4.78 is 18.7. The van der Waals surface area contributed by atoms with E-state index in [1.54, 1.807) is 24.3 Å². The Morgan fingerprint density at radius 1 is 1.10 bits per heavy atom. The zero-order chi connectivity index (χ0) is 20.6. The van der Waals surface area contributed by atoms with Gasteiger partial charge in [0.25, 0.3) is 0 Å². The van der Waals surface area contributed by atoms with Crippen molar-refractivity contribution in [3.63, 3.8) is 0 Å². The van der Waals surface area contributed by atoms with Crippen molar-refractivity contribution in [2.75, 3.05) is 44.4 Å². The fourth-order valence-corrected chi connectivity index (χ4v) is 3.78. The third kappa shape index (κ3) is 5.79. The first-order chi connectivity index (χ1) is 14.1. The average molecular weight is 418 g/mol. The van der Waals surface area contributed by atoms with Gasteiger partial charge in [-0.15, -0.1) is 11.8 Å². The SMILES string of the molecule is CSc1ccccc1NC(=O)C(=O)NC[C@@H](c1ccc(F)cc1)N1CCOCC1. The van der Waals surface area contributed by atoms with Gasteiger partial charge in [0.15, 0.2) is 0 Å². The molecule has 3 rings (SSSR count). The number of para-hydroxylation sites is 1. The summed E-state index contributed by atoms with van der Waals surface area (Å²) in [6.45, 7) is 2.83. The molecule has 1 fully saturated rings. The van der Waals surface area contributed by atoms with Gasteiger partial charge in [0.1, 0.15) is 5.82 Å². The summed E-state index contributed by atoms with van der Waals surface area (Å²) >= 11 is 1.49. The van der Waals surface area contributed by atoms with Gasteiger partial charge in [-0.2, -0.15) is 0 Å². The van der Waals surface area contributed by atoms with Crippen LogP contribution in [0.3, 0.4) is 0 Å². The van der Waals surface area contributed by atoms with Crippen LogP contribution >= 0.6 is 11.8 Å². The molecule has 0 radical (unpaired) electrons. The molecule has 0 aliphatic carbocycles. The first-order valence-corrected chi connectivity index (χ1v) is 10.6. The number of carbonyl (C=O) groups is 2. The first-order valence-electron chi connectivity index (χ1n) is 9.38. The highest BCUT2D eigenvalue weighted by molar-refractivity contribution is 7.98. The standard InChI is InChI=1S/C21H24FN3O3S/c1-29-19-5-3-2-4-17(19)24-21(27)20(26)23-14-18(25-10-12-28-13-11-25)15-6-8-16(22)9-7-15/h2-9,18H,10-14H2,1H3,(H,23,26)(H,24,27)/t18-/m0/s1. The highest BCUT2D eigenvalue weighted by atomic mass is 32.2. The molecule has 0 bridgehead atoms. The van der Waals surface area contributed by atoms with Crippen molar-refractivity contribution in [2.45, 2.75) is 10.9 Å². The Bertz CT molecular complexity index is 841. The molecule has 2 aromatic rings. The van der Waals surface area contributed by atoms with Crippen LogP contribution in [0.15, 0.2) is 53.4 Å². The molecule has 1 heterocycles. The molecule has 0 spiro atoms. The number of benzene rings is 2. The van der Waals surface area contributed by atoms with Gasteiger partial charge >= 0.3 is 11.8 Å². The van der Waals surface area contributed by atoms with E-state index >= 15 is 0 Å². The summed E-state index contributed by atoms with van der Waals surface area (Å²) in [5, 5.41) is 5.37. The quantitative estimate of drug-likeness (QED) is 0.559. The second-order valence-corrected chi connectivity index (χ2v) is 7.43. The lowest BCUT2D eigenvalue weighted by molar-refractivity contribution is -0.136. The minimum atomic E-state index is -0.716. The van der Waals surface area contributed by atoms with Gasteiger partial charge < -0.3 is 15.4 Å². The summed E-state index contributed by atoms with van der Waals surface area (Å²) in [4.78, 5) is 27.8. The van der Waals surface area contributed by atoms with E-state index < -0.39 is 11.8 Å². The van der Waals surface area contributed by atoms with Crippen molar-refractivity contribution in [1.29, 1.82) is 0 Å². The van der Waals surface area contributed by atoms with E-state index in [0.717, 1.165) is 10.5 Å². The number of nitrogens with one attached hydrogen (secondary N) is 2. The molecule has 1 saturated heterocycles. The molecule has 0 saturated carbocycles. The van der Waals surface area contributed by atoms with Gasteiger partial charge in [-0.3, -0.25) is 14.5 Å². The molecule has 154 valence electrons. The van der Waals surface area contributed by atoms with Gasteiger partial charge in [-0.1, -0.05) is 24.3 Å². The second kappa shape index (κ2) is 10.4. The number of nitrogens with zero attached hydrogens (tertiary/aromatic N) is 1. The maximum absolute atomic E-state index is 13.3. The number of thioether (sulfide) groups is 1. The van der Waals surface area contributed by atoms with E-state index in [-0.39, 0.29) is 18.4 Å². The second-order valence-electron chi connectivity index (χ2n) is 6.58. The fraction of sp³-hybridized carbons (Fsp3) is 0.333. The van der Waals surface area contributed by atoms with E-state index in [1.165, 1.54) is 23.9 Å². The maximum atomic E-state index is 13.3. The summed E-state index contributed by atoms with van der Waals surface area (Å²) in [5.74, 6) is -1.74. The Labute approximate surface area is 173 Å². The van der Waals surface area contributed by atoms with E-state index in [9.17, 15) is 14.0 Å². The van der Waals surface area contributed by atoms with E-state index in [1.807, 2.05) is 18.4 Å². The molecule has 29 heavy (non-hydrogen) atoms. The lowest BCUT2D eigenvalue weighted by atomic mass is 10.0. The number of anilines is 1. The van der Waals surface area contributed by atoms with Crippen molar-refractivity contribution in [1.82, 2.24) is 10.2 Å². The van der Waals surface area contributed by atoms with Crippen LogP contribution in [0.1, 0.15) is 11.6 Å². The minimum absolute atomic E-state index is 0.172. The van der Waals surface area contributed by atoms with Crippen molar-refractivity contribution < 1.29 is 18.7 Å². The minimum Gasteiger partial charge on any atom is -0.379 e. The molecule has 1 aliphatic rings. The van der Waals surface area contributed by atoms with Gasteiger partial charge in [-0.05, 0) is 36.1 Å². The van der Waals surface area contributed by atoms with Crippen LogP contribution in [0.25, 0.3) is 0 Å². The summed E-state index contributed by atoms with van der Waals surface area (Å²) in [5.41, 5.74) is 1.48. The molecule has 0 aromatic heterocycles. The highest BCUT2D eigenvalue weighted by Gasteiger charge is 2.24. The van der Waals surface area contributed by atoms with Crippen molar-refractivity contribution in [2.24, 2.45) is 0 Å². The maximum Gasteiger partial charge on any atom is 0.313 e. The number of halogens is 1. The van der Waals surface area contributed by atoms with E-state index in [4.69, 9.17) is 4.74 Å². The first kappa shape index (κ1) is 21.3.